The molecule has 0 saturated carbocycles. The molecule has 1 atom stereocenters. The molecular weight excluding hydrogens is 244 g/mol. The van der Waals surface area contributed by atoms with Gasteiger partial charge in [0.1, 0.15) is 0 Å². The van der Waals surface area contributed by atoms with E-state index in [-0.39, 0.29) is 29.1 Å². The molecule has 1 rings (SSSR count). The molecule has 1 aliphatic heterocycles. The fourth-order valence-corrected chi connectivity index (χ4v) is 2.35. The predicted molar refractivity (Wildman–Crippen MR) is 73.2 cm³/mol. The van der Waals surface area contributed by atoms with Crippen LogP contribution in [0, 0.1) is 0 Å². The first-order valence-electron chi connectivity index (χ1n) is 5.56. The summed E-state index contributed by atoms with van der Waals surface area (Å²) >= 11 is 1.70. The number of likely N-dealkylation sites (tertiary alicyclic amines) is 1. The van der Waals surface area contributed by atoms with Gasteiger partial charge in [0.2, 0.25) is 5.91 Å². The van der Waals surface area contributed by atoms with Crippen molar-refractivity contribution in [2.45, 2.75) is 44.4 Å². The van der Waals surface area contributed by atoms with Crippen LogP contribution in [0.1, 0.15) is 33.6 Å². The van der Waals surface area contributed by atoms with Gasteiger partial charge in [0, 0.05) is 23.9 Å². The van der Waals surface area contributed by atoms with Crippen molar-refractivity contribution >= 4 is 30.1 Å². The molecule has 0 unspecified atom stereocenters. The molecule has 3 nitrogen and oxygen atoms in total. The Hall–Kier alpha value is 0.0700. The van der Waals surface area contributed by atoms with Crippen LogP contribution in [0.25, 0.3) is 0 Å². The van der Waals surface area contributed by atoms with Crippen LogP contribution in [-0.4, -0.2) is 40.4 Å². The number of halogens is 1. The lowest BCUT2D eigenvalue weighted by Gasteiger charge is -2.31. The Morgan fingerprint density at radius 2 is 2.12 bits per heavy atom. The van der Waals surface area contributed by atoms with Crippen LogP contribution < -0.4 is 5.73 Å². The van der Waals surface area contributed by atoms with Gasteiger partial charge in [-0.3, -0.25) is 4.79 Å². The Kier molecular flexibility index (Phi) is 6.75. The second-order valence-electron chi connectivity index (χ2n) is 5.14. The first-order chi connectivity index (χ1) is 6.88. The van der Waals surface area contributed by atoms with Gasteiger partial charge in [-0.05, 0) is 12.8 Å². The predicted octanol–water partition coefficient (Wildman–Crippen LogP) is 1.89. The SMILES string of the molecule is CC(C)(C)SCC(=O)N1CCC[C@@H](N)C1.Cl. The Bertz CT molecular complexity index is 231. The quantitative estimate of drug-likeness (QED) is 0.830. The first-order valence-corrected chi connectivity index (χ1v) is 6.54. The molecule has 96 valence electrons. The molecule has 0 bridgehead atoms. The molecule has 1 saturated heterocycles. The zero-order chi connectivity index (χ0) is 11.5. The van der Waals surface area contributed by atoms with E-state index >= 15 is 0 Å². The second-order valence-corrected chi connectivity index (χ2v) is 6.95. The summed E-state index contributed by atoms with van der Waals surface area (Å²) in [6.07, 6.45) is 2.10. The molecule has 0 aromatic rings. The molecule has 2 N–H and O–H groups in total. The summed E-state index contributed by atoms with van der Waals surface area (Å²) in [5.74, 6) is 0.820. The normalized spacial score (nSPS) is 21.5. The van der Waals surface area contributed by atoms with Crippen LogP contribution in [0.15, 0.2) is 0 Å². The summed E-state index contributed by atoms with van der Waals surface area (Å²) in [7, 11) is 0. The van der Waals surface area contributed by atoms with Crippen LogP contribution in [0.5, 0.6) is 0 Å². The summed E-state index contributed by atoms with van der Waals surface area (Å²) in [6.45, 7) is 8.02. The molecule has 5 heteroatoms. The van der Waals surface area contributed by atoms with Crippen molar-refractivity contribution < 1.29 is 4.79 Å². The molecule has 16 heavy (non-hydrogen) atoms. The average molecular weight is 267 g/mol. The number of nitrogens with two attached hydrogens (primary N) is 1. The molecule has 1 fully saturated rings. The van der Waals surface area contributed by atoms with E-state index in [0.717, 1.165) is 25.9 Å². The van der Waals surface area contributed by atoms with Crippen molar-refractivity contribution in [1.29, 1.82) is 0 Å². The van der Waals surface area contributed by atoms with Crippen LogP contribution in [-0.2, 0) is 4.79 Å². The third-order valence-electron chi connectivity index (χ3n) is 2.44. The maximum Gasteiger partial charge on any atom is 0.232 e. The van der Waals surface area contributed by atoms with Gasteiger partial charge in [-0.25, -0.2) is 0 Å². The van der Waals surface area contributed by atoms with E-state index in [0.29, 0.717) is 5.75 Å². The van der Waals surface area contributed by atoms with E-state index in [9.17, 15) is 4.79 Å². The van der Waals surface area contributed by atoms with Crippen LogP contribution >= 0.6 is 24.2 Å². The van der Waals surface area contributed by atoms with Gasteiger partial charge in [-0.1, -0.05) is 20.8 Å². The molecule has 1 amide bonds. The maximum atomic E-state index is 11.8. The van der Waals surface area contributed by atoms with Crippen molar-refractivity contribution in [3.63, 3.8) is 0 Å². The van der Waals surface area contributed by atoms with E-state index in [2.05, 4.69) is 20.8 Å². The zero-order valence-electron chi connectivity index (χ0n) is 10.4. The maximum absolute atomic E-state index is 11.8. The fraction of sp³-hybridized carbons (Fsp3) is 0.909. The largest absolute Gasteiger partial charge is 0.340 e. The molecule has 1 heterocycles. The summed E-state index contributed by atoms with van der Waals surface area (Å²) in [4.78, 5) is 13.7. The number of carbonyl (C=O) groups is 1. The van der Waals surface area contributed by atoms with Gasteiger partial charge < -0.3 is 10.6 Å². The van der Waals surface area contributed by atoms with E-state index in [4.69, 9.17) is 5.73 Å². The Labute approximate surface area is 109 Å². The average Bonchev–Trinajstić information content (AvgIpc) is 2.13. The van der Waals surface area contributed by atoms with Crippen molar-refractivity contribution in [2.24, 2.45) is 5.73 Å². The van der Waals surface area contributed by atoms with Crippen molar-refractivity contribution in [1.82, 2.24) is 4.90 Å². The van der Waals surface area contributed by atoms with Crippen LogP contribution in [0.4, 0.5) is 0 Å². The highest BCUT2D eigenvalue weighted by atomic mass is 35.5. The highest BCUT2D eigenvalue weighted by molar-refractivity contribution is 8.01. The smallest absolute Gasteiger partial charge is 0.232 e. The number of thioether (sulfide) groups is 1. The van der Waals surface area contributed by atoms with Crippen molar-refractivity contribution in [3.05, 3.63) is 0 Å². The molecule has 0 spiro atoms. The lowest BCUT2D eigenvalue weighted by atomic mass is 10.1. The topological polar surface area (TPSA) is 46.3 Å². The summed E-state index contributed by atoms with van der Waals surface area (Å²) in [6, 6.07) is 0.183. The number of hydrogen-bond acceptors (Lipinski definition) is 3. The standard InChI is InChI=1S/C11H22N2OS.ClH/c1-11(2,3)15-8-10(14)13-6-4-5-9(12)7-13;/h9H,4-8,12H2,1-3H3;1H/t9-;/m1./s1. The molecule has 0 aromatic heterocycles. The number of carbonyl (C=O) groups excluding carboxylic acids is 1. The number of hydrogen-bond donors (Lipinski definition) is 1. The number of nitrogens with zero attached hydrogens (tertiary/aromatic N) is 1. The van der Waals surface area contributed by atoms with Crippen molar-refractivity contribution in [2.75, 3.05) is 18.8 Å². The van der Waals surface area contributed by atoms with Gasteiger partial charge in [0.25, 0.3) is 0 Å². The minimum absolute atomic E-state index is 0. The van der Waals surface area contributed by atoms with Crippen LogP contribution in [0.2, 0.25) is 0 Å². The Morgan fingerprint density at radius 3 is 2.62 bits per heavy atom. The lowest BCUT2D eigenvalue weighted by Crippen LogP contribution is -2.46. The number of piperidine rings is 1. The highest BCUT2D eigenvalue weighted by Gasteiger charge is 2.22. The third-order valence-corrected chi connectivity index (χ3v) is 3.70. The number of amides is 1. The first kappa shape index (κ1) is 16.1. The zero-order valence-corrected chi connectivity index (χ0v) is 12.0. The minimum Gasteiger partial charge on any atom is -0.340 e. The number of rotatable bonds is 2. The Morgan fingerprint density at radius 1 is 1.50 bits per heavy atom. The summed E-state index contributed by atoms with van der Waals surface area (Å²) in [5, 5.41) is 0. The van der Waals surface area contributed by atoms with E-state index in [1.165, 1.54) is 0 Å². The van der Waals surface area contributed by atoms with Gasteiger partial charge >= 0.3 is 0 Å². The van der Waals surface area contributed by atoms with Gasteiger partial charge in [-0.2, -0.15) is 0 Å². The van der Waals surface area contributed by atoms with E-state index in [1.54, 1.807) is 11.8 Å². The fourth-order valence-electron chi connectivity index (χ4n) is 1.61. The monoisotopic (exact) mass is 266 g/mol. The highest BCUT2D eigenvalue weighted by Crippen LogP contribution is 2.23. The van der Waals surface area contributed by atoms with E-state index < -0.39 is 0 Å². The molecular formula is C11H23ClN2OS. The molecule has 0 aromatic carbocycles. The lowest BCUT2D eigenvalue weighted by molar-refractivity contribution is -0.129. The molecule has 1 aliphatic rings. The molecule has 0 radical (unpaired) electrons. The summed E-state index contributed by atoms with van der Waals surface area (Å²) in [5.41, 5.74) is 5.84. The van der Waals surface area contributed by atoms with Gasteiger partial charge in [-0.15, -0.1) is 24.2 Å². The van der Waals surface area contributed by atoms with Crippen molar-refractivity contribution in [3.8, 4) is 0 Å². The summed E-state index contributed by atoms with van der Waals surface area (Å²) < 4.78 is 0.160. The minimum atomic E-state index is 0. The third kappa shape index (κ3) is 5.97. The van der Waals surface area contributed by atoms with Crippen LogP contribution in [0.3, 0.4) is 0 Å². The van der Waals surface area contributed by atoms with Gasteiger partial charge in [0.15, 0.2) is 0 Å². The second kappa shape index (κ2) is 6.72. The Balaban J connectivity index is 0.00000225. The van der Waals surface area contributed by atoms with E-state index in [1.807, 2.05) is 4.90 Å². The molecule has 0 aliphatic carbocycles. The van der Waals surface area contributed by atoms with Gasteiger partial charge in [0.05, 0.1) is 5.75 Å².